The van der Waals surface area contributed by atoms with E-state index < -0.39 is 11.9 Å². The highest BCUT2D eigenvalue weighted by atomic mass is 79.9. The van der Waals surface area contributed by atoms with E-state index in [2.05, 4.69) is 15.9 Å². The number of hydrogen-bond acceptors (Lipinski definition) is 2. The molecule has 0 bridgehead atoms. The number of amides is 1. The monoisotopic (exact) mass is 288 g/mol. The number of benzene rings is 1. The number of hydrogen-bond donors (Lipinski definition) is 1. The van der Waals surface area contributed by atoms with Crippen LogP contribution in [0.3, 0.4) is 0 Å². The number of nitrogens with zero attached hydrogens (tertiary/aromatic N) is 1. The Hall–Kier alpha value is -0.940. The summed E-state index contributed by atoms with van der Waals surface area (Å²) < 4.78 is 14.2. The van der Waals surface area contributed by atoms with Gasteiger partial charge in [0.05, 0.1) is 6.04 Å². The maximum absolute atomic E-state index is 13.4. The number of rotatable bonds is 4. The third kappa shape index (κ3) is 3.28. The molecule has 0 aliphatic rings. The van der Waals surface area contributed by atoms with E-state index in [1.807, 2.05) is 0 Å². The second-order valence-corrected chi connectivity index (χ2v) is 4.64. The largest absolute Gasteiger partial charge is 0.368 e. The average Bonchev–Trinajstić information content (AvgIpc) is 2.22. The molecule has 88 valence electrons. The second kappa shape index (κ2) is 5.41. The molecule has 1 aromatic rings. The topological polar surface area (TPSA) is 46.3 Å². The Balaban J connectivity index is 2.80. The predicted octanol–water partition coefficient (Wildman–Crippen LogP) is 1.89. The zero-order valence-corrected chi connectivity index (χ0v) is 10.8. The van der Waals surface area contributed by atoms with E-state index in [4.69, 9.17) is 5.73 Å². The third-order valence-electron chi connectivity index (χ3n) is 2.50. The van der Waals surface area contributed by atoms with Crippen molar-refractivity contribution in [3.05, 3.63) is 34.1 Å². The zero-order chi connectivity index (χ0) is 12.3. The molecule has 0 fully saturated rings. The van der Waals surface area contributed by atoms with Gasteiger partial charge in [0.25, 0.3) is 0 Å². The van der Waals surface area contributed by atoms with Crippen molar-refractivity contribution in [2.24, 2.45) is 5.73 Å². The third-order valence-corrected chi connectivity index (χ3v) is 2.99. The van der Waals surface area contributed by atoms with Crippen LogP contribution in [-0.4, -0.2) is 23.9 Å². The Kier molecular flexibility index (Phi) is 4.44. The van der Waals surface area contributed by atoms with E-state index in [-0.39, 0.29) is 5.82 Å². The minimum absolute atomic E-state index is 0.285. The Labute approximate surface area is 103 Å². The smallest absolute Gasteiger partial charge is 0.234 e. The lowest BCUT2D eigenvalue weighted by molar-refractivity contribution is -0.122. The Morgan fingerprint density at radius 2 is 2.25 bits per heavy atom. The fraction of sp³-hybridized carbons (Fsp3) is 0.364. The van der Waals surface area contributed by atoms with Crippen LogP contribution >= 0.6 is 15.9 Å². The summed E-state index contributed by atoms with van der Waals surface area (Å²) in [5, 5.41) is 0. The Bertz CT molecular complexity index is 398. The van der Waals surface area contributed by atoms with E-state index >= 15 is 0 Å². The first-order valence-corrected chi connectivity index (χ1v) is 5.64. The second-order valence-electron chi connectivity index (χ2n) is 3.73. The van der Waals surface area contributed by atoms with Crippen LogP contribution < -0.4 is 5.73 Å². The minimum Gasteiger partial charge on any atom is -0.368 e. The molecule has 1 rings (SSSR count). The molecular formula is C11H14BrFN2O. The molecule has 1 amide bonds. The SMILES string of the molecule is C[C@H](C(N)=O)N(C)Cc1cc(Br)ccc1F. The van der Waals surface area contributed by atoms with Crippen molar-refractivity contribution >= 4 is 21.8 Å². The summed E-state index contributed by atoms with van der Waals surface area (Å²) >= 11 is 3.28. The summed E-state index contributed by atoms with van der Waals surface area (Å²) in [6, 6.07) is 4.30. The molecule has 5 heteroatoms. The Morgan fingerprint density at radius 3 is 2.81 bits per heavy atom. The summed E-state index contributed by atoms with van der Waals surface area (Å²) in [6.45, 7) is 2.04. The summed E-state index contributed by atoms with van der Waals surface area (Å²) in [5.41, 5.74) is 5.71. The summed E-state index contributed by atoms with van der Waals surface area (Å²) in [7, 11) is 1.73. The van der Waals surface area contributed by atoms with Crippen molar-refractivity contribution in [1.82, 2.24) is 4.90 Å². The standard InChI is InChI=1S/C11H14BrFN2O/c1-7(11(14)16)15(2)6-8-5-9(12)3-4-10(8)13/h3-5,7H,6H2,1-2H3,(H2,14,16)/t7-/m1/s1. The van der Waals surface area contributed by atoms with Crippen LogP contribution in [0.5, 0.6) is 0 Å². The van der Waals surface area contributed by atoms with Gasteiger partial charge in [-0.1, -0.05) is 15.9 Å². The summed E-state index contributed by atoms with van der Waals surface area (Å²) in [5.74, 6) is -0.704. The molecule has 0 spiro atoms. The van der Waals surface area contributed by atoms with Gasteiger partial charge in [-0.15, -0.1) is 0 Å². The van der Waals surface area contributed by atoms with Crippen molar-refractivity contribution in [2.75, 3.05) is 7.05 Å². The molecule has 0 heterocycles. The molecule has 0 aliphatic heterocycles. The molecule has 0 unspecified atom stereocenters. The molecule has 0 saturated heterocycles. The lowest BCUT2D eigenvalue weighted by Crippen LogP contribution is -2.39. The van der Waals surface area contributed by atoms with E-state index in [1.165, 1.54) is 6.07 Å². The van der Waals surface area contributed by atoms with Crippen LogP contribution in [0.1, 0.15) is 12.5 Å². The molecule has 16 heavy (non-hydrogen) atoms. The van der Waals surface area contributed by atoms with E-state index in [0.29, 0.717) is 12.1 Å². The van der Waals surface area contributed by atoms with Crippen LogP contribution in [0.25, 0.3) is 0 Å². The zero-order valence-electron chi connectivity index (χ0n) is 9.21. The van der Waals surface area contributed by atoms with Gasteiger partial charge in [-0.25, -0.2) is 4.39 Å². The highest BCUT2D eigenvalue weighted by Gasteiger charge is 2.16. The van der Waals surface area contributed by atoms with Crippen molar-refractivity contribution in [3.63, 3.8) is 0 Å². The number of carbonyl (C=O) groups excluding carboxylic acids is 1. The van der Waals surface area contributed by atoms with Gasteiger partial charge in [-0.2, -0.15) is 0 Å². The quantitative estimate of drug-likeness (QED) is 0.920. The predicted molar refractivity (Wildman–Crippen MR) is 64.2 cm³/mol. The first-order valence-electron chi connectivity index (χ1n) is 4.85. The van der Waals surface area contributed by atoms with Gasteiger partial charge in [-0.05, 0) is 32.2 Å². The van der Waals surface area contributed by atoms with Crippen molar-refractivity contribution in [1.29, 1.82) is 0 Å². The fourth-order valence-electron chi connectivity index (χ4n) is 1.29. The first-order chi connectivity index (χ1) is 7.41. The Morgan fingerprint density at radius 1 is 1.62 bits per heavy atom. The van der Waals surface area contributed by atoms with Gasteiger partial charge in [0.15, 0.2) is 0 Å². The van der Waals surface area contributed by atoms with E-state index in [1.54, 1.807) is 31.0 Å². The summed E-state index contributed by atoms with van der Waals surface area (Å²) in [4.78, 5) is 12.7. The van der Waals surface area contributed by atoms with Crippen LogP contribution in [0, 0.1) is 5.82 Å². The van der Waals surface area contributed by atoms with Crippen LogP contribution in [0.15, 0.2) is 22.7 Å². The fourth-order valence-corrected chi connectivity index (χ4v) is 1.70. The van der Waals surface area contributed by atoms with Gasteiger partial charge in [0, 0.05) is 16.6 Å². The molecule has 2 N–H and O–H groups in total. The minimum atomic E-state index is -0.419. The molecule has 3 nitrogen and oxygen atoms in total. The highest BCUT2D eigenvalue weighted by Crippen LogP contribution is 2.17. The number of primary amides is 1. The van der Waals surface area contributed by atoms with Gasteiger partial charge in [-0.3, -0.25) is 9.69 Å². The molecule has 0 saturated carbocycles. The molecule has 0 aliphatic carbocycles. The number of likely N-dealkylation sites (N-methyl/N-ethyl adjacent to an activating group) is 1. The van der Waals surface area contributed by atoms with Gasteiger partial charge in [0.1, 0.15) is 5.82 Å². The first kappa shape index (κ1) is 13.1. The highest BCUT2D eigenvalue weighted by molar-refractivity contribution is 9.10. The van der Waals surface area contributed by atoms with Crippen molar-refractivity contribution in [3.8, 4) is 0 Å². The van der Waals surface area contributed by atoms with E-state index in [9.17, 15) is 9.18 Å². The normalized spacial score (nSPS) is 12.8. The molecule has 0 aromatic heterocycles. The lowest BCUT2D eigenvalue weighted by atomic mass is 10.2. The van der Waals surface area contributed by atoms with Crippen molar-refractivity contribution in [2.45, 2.75) is 19.5 Å². The van der Waals surface area contributed by atoms with E-state index in [0.717, 1.165) is 4.47 Å². The van der Waals surface area contributed by atoms with Crippen LogP contribution in [0.4, 0.5) is 4.39 Å². The molecule has 1 aromatic carbocycles. The lowest BCUT2D eigenvalue weighted by Gasteiger charge is -2.22. The van der Waals surface area contributed by atoms with Gasteiger partial charge in [0.2, 0.25) is 5.91 Å². The van der Waals surface area contributed by atoms with Gasteiger partial charge < -0.3 is 5.73 Å². The average molecular weight is 289 g/mol. The van der Waals surface area contributed by atoms with Crippen molar-refractivity contribution < 1.29 is 9.18 Å². The maximum Gasteiger partial charge on any atom is 0.234 e. The van der Waals surface area contributed by atoms with Gasteiger partial charge >= 0.3 is 0 Å². The van der Waals surface area contributed by atoms with Crippen LogP contribution in [0.2, 0.25) is 0 Å². The van der Waals surface area contributed by atoms with Crippen LogP contribution in [-0.2, 0) is 11.3 Å². The molecule has 0 radical (unpaired) electrons. The maximum atomic E-state index is 13.4. The summed E-state index contributed by atoms with van der Waals surface area (Å²) in [6.07, 6.45) is 0. The number of nitrogens with two attached hydrogens (primary N) is 1. The number of carbonyl (C=O) groups is 1. The molecular weight excluding hydrogens is 275 g/mol. The molecule has 1 atom stereocenters. The number of halogens is 2.